The van der Waals surface area contributed by atoms with Gasteiger partial charge in [0.2, 0.25) is 0 Å². The summed E-state index contributed by atoms with van der Waals surface area (Å²) >= 11 is 0. The number of halogens is 1. The number of nitrogens with zero attached hydrogens (tertiary/aromatic N) is 1. The summed E-state index contributed by atoms with van der Waals surface area (Å²) in [6.45, 7) is 3.46. The normalized spacial score (nSPS) is 11.5. The van der Waals surface area contributed by atoms with Crippen molar-refractivity contribution in [3.05, 3.63) is 35.3 Å². The van der Waals surface area contributed by atoms with Gasteiger partial charge in [0.05, 0.1) is 0 Å². The first-order valence-corrected chi connectivity index (χ1v) is 6.89. The standard InChI is InChI=1S/C11H13FN4O2S/c1-6-7(2)14-15-11(6)16-19(17,18)10-4-3-8(13)5-9(10)12/h3-5H,13H2,1-2H3,(H2,14,15,16). The molecule has 102 valence electrons. The van der Waals surface area contributed by atoms with Crippen LogP contribution in [0.4, 0.5) is 15.9 Å². The predicted molar refractivity (Wildman–Crippen MR) is 69.7 cm³/mol. The van der Waals surface area contributed by atoms with E-state index in [0.29, 0.717) is 5.56 Å². The van der Waals surface area contributed by atoms with Crippen LogP contribution in [0.2, 0.25) is 0 Å². The zero-order chi connectivity index (χ0) is 14.2. The number of hydrogen-bond donors (Lipinski definition) is 3. The molecule has 0 unspecified atom stereocenters. The van der Waals surface area contributed by atoms with Gasteiger partial charge in [0.1, 0.15) is 10.7 Å². The van der Waals surface area contributed by atoms with Crippen molar-refractivity contribution in [2.45, 2.75) is 18.7 Å². The van der Waals surface area contributed by atoms with Crippen LogP contribution in [-0.2, 0) is 10.0 Å². The van der Waals surface area contributed by atoms with Crippen molar-refractivity contribution in [3.63, 3.8) is 0 Å². The second-order valence-corrected chi connectivity index (χ2v) is 5.77. The maximum Gasteiger partial charge on any atom is 0.266 e. The summed E-state index contributed by atoms with van der Waals surface area (Å²) in [7, 11) is -4.03. The smallest absolute Gasteiger partial charge is 0.266 e. The highest BCUT2D eigenvalue weighted by Crippen LogP contribution is 2.22. The quantitative estimate of drug-likeness (QED) is 0.744. The number of nitrogen functional groups attached to an aromatic ring is 1. The molecule has 0 saturated carbocycles. The topological polar surface area (TPSA) is 101 Å². The van der Waals surface area contributed by atoms with Crippen LogP contribution in [0.1, 0.15) is 11.3 Å². The zero-order valence-corrected chi connectivity index (χ0v) is 11.2. The summed E-state index contributed by atoms with van der Waals surface area (Å²) in [4.78, 5) is -0.471. The number of nitrogens with two attached hydrogens (primary N) is 1. The van der Waals surface area contributed by atoms with E-state index >= 15 is 0 Å². The number of aromatic amines is 1. The second-order valence-electron chi connectivity index (χ2n) is 4.12. The first-order valence-electron chi connectivity index (χ1n) is 5.40. The maximum absolute atomic E-state index is 13.6. The molecule has 0 atom stereocenters. The maximum atomic E-state index is 13.6. The summed E-state index contributed by atoms with van der Waals surface area (Å²) in [5, 5.41) is 6.45. The SMILES string of the molecule is Cc1[nH]nc(NS(=O)(=O)c2ccc(N)cc2F)c1C. The Hall–Kier alpha value is -2.09. The Morgan fingerprint density at radius 3 is 2.58 bits per heavy atom. The van der Waals surface area contributed by atoms with E-state index in [0.717, 1.165) is 17.8 Å². The van der Waals surface area contributed by atoms with Crippen LogP contribution in [0.5, 0.6) is 0 Å². The van der Waals surface area contributed by atoms with E-state index in [9.17, 15) is 12.8 Å². The molecule has 1 aromatic carbocycles. The molecule has 0 aliphatic carbocycles. The van der Waals surface area contributed by atoms with E-state index in [4.69, 9.17) is 5.73 Å². The van der Waals surface area contributed by atoms with Gasteiger partial charge in [-0.1, -0.05) is 0 Å². The van der Waals surface area contributed by atoms with Gasteiger partial charge in [0.15, 0.2) is 5.82 Å². The van der Waals surface area contributed by atoms with Crippen molar-refractivity contribution in [1.82, 2.24) is 10.2 Å². The summed E-state index contributed by atoms with van der Waals surface area (Å²) in [5.74, 6) is -0.758. The first-order chi connectivity index (χ1) is 8.81. The molecule has 0 saturated heterocycles. The number of aryl methyl sites for hydroxylation is 1. The minimum Gasteiger partial charge on any atom is -0.399 e. The molecule has 0 aliphatic heterocycles. The molecule has 0 bridgehead atoms. The fraction of sp³-hybridized carbons (Fsp3) is 0.182. The molecular formula is C11H13FN4O2S. The lowest BCUT2D eigenvalue weighted by atomic mass is 10.3. The van der Waals surface area contributed by atoms with Gasteiger partial charge in [-0.25, -0.2) is 12.8 Å². The van der Waals surface area contributed by atoms with Gasteiger partial charge in [-0.3, -0.25) is 9.82 Å². The molecule has 1 aromatic heterocycles. The number of aromatic nitrogens is 2. The van der Waals surface area contributed by atoms with Gasteiger partial charge in [-0.05, 0) is 32.0 Å². The predicted octanol–water partition coefficient (Wildman–Crippen LogP) is 1.55. The molecule has 0 radical (unpaired) electrons. The monoisotopic (exact) mass is 284 g/mol. The molecule has 0 spiro atoms. The van der Waals surface area contributed by atoms with Crippen molar-refractivity contribution < 1.29 is 12.8 Å². The Morgan fingerprint density at radius 1 is 1.37 bits per heavy atom. The molecule has 2 rings (SSSR count). The molecular weight excluding hydrogens is 271 g/mol. The first kappa shape index (κ1) is 13.3. The molecule has 2 aromatic rings. The summed E-state index contributed by atoms with van der Waals surface area (Å²) in [5.41, 5.74) is 6.92. The fourth-order valence-electron chi connectivity index (χ4n) is 1.50. The van der Waals surface area contributed by atoms with E-state index in [-0.39, 0.29) is 11.5 Å². The largest absolute Gasteiger partial charge is 0.399 e. The van der Waals surface area contributed by atoms with Gasteiger partial charge in [-0.2, -0.15) is 5.10 Å². The molecule has 4 N–H and O–H groups in total. The summed E-state index contributed by atoms with van der Waals surface area (Å²) < 4.78 is 40.0. The average molecular weight is 284 g/mol. The van der Waals surface area contributed by atoms with Crippen LogP contribution < -0.4 is 10.5 Å². The van der Waals surface area contributed by atoms with Crippen molar-refractivity contribution in [3.8, 4) is 0 Å². The summed E-state index contributed by atoms with van der Waals surface area (Å²) in [6, 6.07) is 3.39. The number of benzene rings is 1. The van der Waals surface area contributed by atoms with Gasteiger partial charge >= 0.3 is 0 Å². The number of sulfonamides is 1. The molecule has 0 fully saturated rings. The van der Waals surface area contributed by atoms with Crippen LogP contribution >= 0.6 is 0 Å². The van der Waals surface area contributed by atoms with E-state index in [2.05, 4.69) is 14.9 Å². The van der Waals surface area contributed by atoms with Crippen LogP contribution in [0.15, 0.2) is 23.1 Å². The molecule has 6 nitrogen and oxygen atoms in total. The third-order valence-electron chi connectivity index (χ3n) is 2.73. The molecule has 0 amide bonds. The minimum absolute atomic E-state index is 0.147. The van der Waals surface area contributed by atoms with Crippen LogP contribution in [0, 0.1) is 19.7 Å². The number of nitrogens with one attached hydrogen (secondary N) is 2. The van der Waals surface area contributed by atoms with Crippen LogP contribution in [0.25, 0.3) is 0 Å². The lowest BCUT2D eigenvalue weighted by Crippen LogP contribution is -2.15. The van der Waals surface area contributed by atoms with Crippen molar-refractivity contribution in [2.75, 3.05) is 10.5 Å². The Labute approximate surface area is 109 Å². The van der Waals surface area contributed by atoms with Gasteiger partial charge < -0.3 is 5.73 Å². The number of rotatable bonds is 3. The number of anilines is 2. The number of hydrogen-bond acceptors (Lipinski definition) is 4. The third kappa shape index (κ3) is 2.53. The van der Waals surface area contributed by atoms with E-state index in [1.807, 2.05) is 0 Å². The molecule has 19 heavy (non-hydrogen) atoms. The van der Waals surface area contributed by atoms with Gasteiger partial charge in [0.25, 0.3) is 10.0 Å². The van der Waals surface area contributed by atoms with E-state index in [1.54, 1.807) is 13.8 Å². The third-order valence-corrected chi connectivity index (χ3v) is 4.10. The van der Waals surface area contributed by atoms with E-state index < -0.39 is 20.7 Å². The van der Waals surface area contributed by atoms with Crippen molar-refractivity contribution >= 4 is 21.5 Å². The van der Waals surface area contributed by atoms with Crippen LogP contribution in [-0.4, -0.2) is 18.6 Å². The van der Waals surface area contributed by atoms with Crippen LogP contribution in [0.3, 0.4) is 0 Å². The fourth-order valence-corrected chi connectivity index (χ4v) is 2.63. The van der Waals surface area contributed by atoms with Crippen molar-refractivity contribution in [2.24, 2.45) is 0 Å². The highest BCUT2D eigenvalue weighted by atomic mass is 32.2. The van der Waals surface area contributed by atoms with E-state index in [1.165, 1.54) is 6.07 Å². The Morgan fingerprint density at radius 2 is 2.05 bits per heavy atom. The second kappa shape index (κ2) is 4.54. The minimum atomic E-state index is -4.03. The lowest BCUT2D eigenvalue weighted by molar-refractivity contribution is 0.570. The van der Waals surface area contributed by atoms with Crippen molar-refractivity contribution in [1.29, 1.82) is 0 Å². The highest BCUT2D eigenvalue weighted by molar-refractivity contribution is 7.92. The molecule has 0 aliphatic rings. The molecule has 8 heteroatoms. The Kier molecular flexibility index (Phi) is 3.19. The Balaban J connectivity index is 2.41. The Bertz CT molecular complexity index is 724. The molecule has 1 heterocycles. The summed E-state index contributed by atoms with van der Waals surface area (Å²) in [6.07, 6.45) is 0. The zero-order valence-electron chi connectivity index (χ0n) is 10.4. The average Bonchev–Trinajstić information content (AvgIpc) is 2.60. The van der Waals surface area contributed by atoms with Gasteiger partial charge in [0, 0.05) is 16.9 Å². The lowest BCUT2D eigenvalue weighted by Gasteiger charge is -2.07. The van der Waals surface area contributed by atoms with Gasteiger partial charge in [-0.15, -0.1) is 0 Å². The number of H-pyrrole nitrogens is 1. The highest BCUT2D eigenvalue weighted by Gasteiger charge is 2.21.